The Balaban J connectivity index is 1.54. The summed E-state index contributed by atoms with van der Waals surface area (Å²) >= 11 is 0. The van der Waals surface area contributed by atoms with Crippen molar-refractivity contribution in [2.75, 3.05) is 25.2 Å². The van der Waals surface area contributed by atoms with Gasteiger partial charge < -0.3 is 14.4 Å². The van der Waals surface area contributed by atoms with Crippen molar-refractivity contribution in [3.8, 4) is 5.75 Å². The molecule has 0 radical (unpaired) electrons. The Morgan fingerprint density at radius 2 is 1.85 bits per heavy atom. The molecule has 1 aliphatic carbocycles. The van der Waals surface area contributed by atoms with Crippen LogP contribution in [0.5, 0.6) is 5.75 Å². The van der Waals surface area contributed by atoms with E-state index in [4.69, 9.17) is 9.47 Å². The van der Waals surface area contributed by atoms with Crippen LogP contribution in [0, 0.1) is 5.92 Å². The van der Waals surface area contributed by atoms with Gasteiger partial charge in [-0.25, -0.2) is 8.42 Å². The third kappa shape index (κ3) is 4.75. The molecule has 1 unspecified atom stereocenters. The summed E-state index contributed by atoms with van der Waals surface area (Å²) < 4.78 is 33.1. The Morgan fingerprint density at radius 3 is 2.38 bits per heavy atom. The molecule has 0 spiro atoms. The van der Waals surface area contributed by atoms with Crippen molar-refractivity contribution in [2.24, 2.45) is 5.92 Å². The second kappa shape index (κ2) is 7.65. The molecule has 1 saturated carbocycles. The molecule has 1 aliphatic heterocycles. The molecule has 1 amide bonds. The van der Waals surface area contributed by atoms with E-state index in [1.54, 1.807) is 12.0 Å². The zero-order valence-electron chi connectivity index (χ0n) is 14.7. The van der Waals surface area contributed by atoms with Crippen LogP contribution >= 0.6 is 0 Å². The van der Waals surface area contributed by atoms with Crippen molar-refractivity contribution in [3.05, 3.63) is 29.8 Å². The molecule has 0 aromatic heterocycles. The van der Waals surface area contributed by atoms with E-state index in [0.717, 1.165) is 24.2 Å². The Hall–Kier alpha value is -2.09. The molecule has 3 rings (SSSR count). The van der Waals surface area contributed by atoms with Gasteiger partial charge in [-0.3, -0.25) is 9.59 Å². The van der Waals surface area contributed by atoms with Gasteiger partial charge in [0, 0.05) is 12.6 Å². The second-order valence-corrected chi connectivity index (χ2v) is 9.04. The summed E-state index contributed by atoms with van der Waals surface area (Å²) in [5.74, 6) is -0.927. The maximum atomic E-state index is 12.5. The Morgan fingerprint density at radius 1 is 1.15 bits per heavy atom. The molecule has 2 fully saturated rings. The van der Waals surface area contributed by atoms with Gasteiger partial charge in [-0.1, -0.05) is 12.1 Å². The standard InChI is InChI=1S/C18H23NO6S/c1-24-16-6-2-13(3-7-16)10-19(15-4-5-15)17(20)11-25-18(21)14-8-9-26(22,23)12-14/h2-3,6-7,14-15H,4-5,8-12H2,1H3. The first-order chi connectivity index (χ1) is 12.4. The molecule has 1 aromatic carbocycles. The first-order valence-corrected chi connectivity index (χ1v) is 10.5. The summed E-state index contributed by atoms with van der Waals surface area (Å²) in [6.45, 7) is 0.102. The fourth-order valence-corrected chi connectivity index (χ4v) is 4.78. The van der Waals surface area contributed by atoms with E-state index in [0.29, 0.717) is 6.54 Å². The number of benzene rings is 1. The van der Waals surface area contributed by atoms with E-state index in [2.05, 4.69) is 0 Å². The van der Waals surface area contributed by atoms with Gasteiger partial charge in [0.2, 0.25) is 0 Å². The minimum absolute atomic E-state index is 0.00633. The molecule has 1 heterocycles. The number of esters is 1. The number of carbonyl (C=O) groups is 2. The van der Waals surface area contributed by atoms with Gasteiger partial charge in [0.15, 0.2) is 16.4 Å². The van der Waals surface area contributed by atoms with Crippen LogP contribution in [-0.2, 0) is 30.7 Å². The van der Waals surface area contributed by atoms with Crippen molar-refractivity contribution in [2.45, 2.75) is 31.8 Å². The normalized spacial score (nSPS) is 21.2. The number of nitrogens with zero attached hydrogens (tertiary/aromatic N) is 1. The van der Waals surface area contributed by atoms with E-state index >= 15 is 0 Å². The minimum atomic E-state index is -3.15. The minimum Gasteiger partial charge on any atom is -0.497 e. The van der Waals surface area contributed by atoms with Crippen LogP contribution in [0.3, 0.4) is 0 Å². The van der Waals surface area contributed by atoms with Gasteiger partial charge in [0.1, 0.15) is 5.75 Å². The van der Waals surface area contributed by atoms with Crippen LogP contribution in [0.4, 0.5) is 0 Å². The smallest absolute Gasteiger partial charge is 0.310 e. The van der Waals surface area contributed by atoms with Gasteiger partial charge >= 0.3 is 5.97 Å². The van der Waals surface area contributed by atoms with Gasteiger partial charge in [-0.05, 0) is 37.0 Å². The number of sulfone groups is 1. The Bertz CT molecular complexity index is 769. The highest BCUT2D eigenvalue weighted by Gasteiger charge is 2.36. The molecule has 2 aliphatic rings. The number of methoxy groups -OCH3 is 1. The van der Waals surface area contributed by atoms with E-state index < -0.39 is 21.7 Å². The molecule has 7 nitrogen and oxygen atoms in total. The van der Waals surface area contributed by atoms with Crippen molar-refractivity contribution in [1.29, 1.82) is 0 Å². The number of hydrogen-bond acceptors (Lipinski definition) is 6. The number of hydrogen-bond donors (Lipinski definition) is 0. The quantitative estimate of drug-likeness (QED) is 0.659. The predicted molar refractivity (Wildman–Crippen MR) is 94.3 cm³/mol. The van der Waals surface area contributed by atoms with E-state index in [1.807, 2.05) is 24.3 Å². The van der Waals surface area contributed by atoms with E-state index in [-0.39, 0.29) is 36.5 Å². The molecule has 0 N–H and O–H groups in total. The molecule has 1 atom stereocenters. The molecule has 1 aromatic rings. The van der Waals surface area contributed by atoms with Crippen LogP contribution in [0.2, 0.25) is 0 Å². The van der Waals surface area contributed by atoms with Crippen LogP contribution in [0.15, 0.2) is 24.3 Å². The summed E-state index contributed by atoms with van der Waals surface area (Å²) in [4.78, 5) is 26.2. The van der Waals surface area contributed by atoms with Gasteiger partial charge in [0.05, 0.1) is 24.5 Å². The zero-order chi connectivity index (χ0) is 18.7. The fourth-order valence-electron chi connectivity index (χ4n) is 3.05. The monoisotopic (exact) mass is 381 g/mol. The summed E-state index contributed by atoms with van der Waals surface area (Å²) in [5, 5.41) is 0. The lowest BCUT2D eigenvalue weighted by molar-refractivity contribution is -0.155. The van der Waals surface area contributed by atoms with E-state index in [1.165, 1.54) is 0 Å². The lowest BCUT2D eigenvalue weighted by Crippen LogP contribution is -2.36. The van der Waals surface area contributed by atoms with Crippen molar-refractivity contribution in [1.82, 2.24) is 4.90 Å². The SMILES string of the molecule is COc1ccc(CN(C(=O)COC(=O)C2CCS(=O)(=O)C2)C2CC2)cc1. The third-order valence-corrected chi connectivity index (χ3v) is 6.49. The largest absolute Gasteiger partial charge is 0.497 e. The maximum absolute atomic E-state index is 12.5. The summed E-state index contributed by atoms with van der Waals surface area (Å²) in [5.41, 5.74) is 0.972. The predicted octanol–water partition coefficient (Wildman–Crippen LogP) is 1.16. The van der Waals surface area contributed by atoms with Gasteiger partial charge in [-0.2, -0.15) is 0 Å². The number of rotatable bonds is 7. The molecule has 142 valence electrons. The number of ether oxygens (including phenoxy) is 2. The molecular weight excluding hydrogens is 358 g/mol. The first kappa shape index (κ1) is 18.7. The van der Waals surface area contributed by atoms with Crippen molar-refractivity contribution >= 4 is 21.7 Å². The Labute approximate surface area is 153 Å². The number of amides is 1. The Kier molecular flexibility index (Phi) is 5.50. The molecule has 8 heteroatoms. The molecular formula is C18H23NO6S. The van der Waals surface area contributed by atoms with Crippen molar-refractivity contribution < 1.29 is 27.5 Å². The lowest BCUT2D eigenvalue weighted by atomic mass is 10.1. The zero-order valence-corrected chi connectivity index (χ0v) is 15.5. The molecule has 0 bridgehead atoms. The summed E-state index contributed by atoms with van der Waals surface area (Å²) in [6, 6.07) is 7.65. The van der Waals surface area contributed by atoms with Crippen LogP contribution < -0.4 is 4.74 Å². The molecule has 1 saturated heterocycles. The van der Waals surface area contributed by atoms with E-state index in [9.17, 15) is 18.0 Å². The maximum Gasteiger partial charge on any atom is 0.310 e. The summed E-state index contributed by atoms with van der Waals surface area (Å²) in [6.07, 6.45) is 2.15. The van der Waals surface area contributed by atoms with Crippen LogP contribution in [0.25, 0.3) is 0 Å². The second-order valence-electron chi connectivity index (χ2n) is 6.81. The highest BCUT2D eigenvalue weighted by molar-refractivity contribution is 7.91. The van der Waals surface area contributed by atoms with Crippen LogP contribution in [-0.4, -0.2) is 56.5 Å². The fraction of sp³-hybridized carbons (Fsp3) is 0.556. The highest BCUT2D eigenvalue weighted by atomic mass is 32.2. The molecule has 26 heavy (non-hydrogen) atoms. The van der Waals surface area contributed by atoms with Crippen molar-refractivity contribution in [3.63, 3.8) is 0 Å². The van der Waals surface area contributed by atoms with Crippen LogP contribution in [0.1, 0.15) is 24.8 Å². The summed E-state index contributed by atoms with van der Waals surface area (Å²) in [7, 11) is -1.56. The first-order valence-electron chi connectivity index (χ1n) is 8.67. The third-order valence-electron chi connectivity index (χ3n) is 4.72. The lowest BCUT2D eigenvalue weighted by Gasteiger charge is -2.23. The topological polar surface area (TPSA) is 90.0 Å². The van der Waals surface area contributed by atoms with Gasteiger partial charge in [0.25, 0.3) is 5.91 Å². The highest BCUT2D eigenvalue weighted by Crippen LogP contribution is 2.29. The van der Waals surface area contributed by atoms with Gasteiger partial charge in [-0.15, -0.1) is 0 Å². The average Bonchev–Trinajstić information content (AvgIpc) is 3.40. The average molecular weight is 381 g/mol. The number of carbonyl (C=O) groups excluding carboxylic acids is 2.